The molecule has 2 heterocycles. The third-order valence-electron chi connectivity index (χ3n) is 5.75. The molecule has 7 nitrogen and oxygen atoms in total. The molecule has 1 atom stereocenters. The lowest BCUT2D eigenvalue weighted by molar-refractivity contribution is -0.142. The van der Waals surface area contributed by atoms with Gasteiger partial charge < -0.3 is 14.4 Å². The van der Waals surface area contributed by atoms with E-state index in [2.05, 4.69) is 0 Å². The summed E-state index contributed by atoms with van der Waals surface area (Å²) in [5.41, 5.74) is 0.260. The maximum absolute atomic E-state index is 13.5. The summed E-state index contributed by atoms with van der Waals surface area (Å²) < 4.78 is 10.5. The molecule has 2 aromatic carbocycles. The number of halogens is 1. The number of carbonyl (C=O) groups is 3. The van der Waals surface area contributed by atoms with E-state index in [0.29, 0.717) is 39.9 Å². The quantitative estimate of drug-likeness (QED) is 0.540. The van der Waals surface area contributed by atoms with E-state index in [0.717, 1.165) is 4.90 Å². The number of ether oxygens (including phenoxy) is 2. The fraction of sp³-hybridized carbons (Fsp3) is 0.318. The van der Waals surface area contributed by atoms with E-state index in [1.807, 2.05) is 6.92 Å². The smallest absolute Gasteiger partial charge is 0.250 e. The van der Waals surface area contributed by atoms with Crippen LogP contribution in [0.5, 0.6) is 11.5 Å². The fourth-order valence-corrected chi connectivity index (χ4v) is 4.47. The van der Waals surface area contributed by atoms with E-state index in [4.69, 9.17) is 21.1 Å². The molecule has 30 heavy (non-hydrogen) atoms. The van der Waals surface area contributed by atoms with Crippen LogP contribution in [0.2, 0.25) is 5.02 Å². The number of anilines is 1. The second-order valence-electron chi connectivity index (χ2n) is 7.27. The number of benzene rings is 2. The van der Waals surface area contributed by atoms with Gasteiger partial charge >= 0.3 is 0 Å². The number of hydrogen-bond acceptors (Lipinski definition) is 5. The fourth-order valence-electron chi connectivity index (χ4n) is 4.29. The number of imide groups is 1. The minimum atomic E-state index is -1.55. The van der Waals surface area contributed by atoms with Crippen molar-refractivity contribution in [2.75, 3.05) is 25.7 Å². The van der Waals surface area contributed by atoms with Gasteiger partial charge in [-0.1, -0.05) is 17.7 Å². The lowest BCUT2D eigenvalue weighted by atomic mass is 9.80. The molecule has 1 fully saturated rings. The lowest BCUT2D eigenvalue weighted by Gasteiger charge is -2.22. The normalized spacial score (nSPS) is 20.3. The van der Waals surface area contributed by atoms with Crippen molar-refractivity contribution < 1.29 is 23.9 Å². The highest BCUT2D eigenvalue weighted by Gasteiger charge is 2.63. The van der Waals surface area contributed by atoms with Gasteiger partial charge in [0.25, 0.3) is 0 Å². The predicted molar refractivity (Wildman–Crippen MR) is 111 cm³/mol. The zero-order valence-electron chi connectivity index (χ0n) is 16.9. The average Bonchev–Trinajstić information content (AvgIpc) is 3.13. The first-order chi connectivity index (χ1) is 14.4. The summed E-state index contributed by atoms with van der Waals surface area (Å²) in [4.78, 5) is 42.4. The first kappa shape index (κ1) is 20.2. The Bertz CT molecular complexity index is 1070. The molecule has 0 radical (unpaired) electrons. The highest BCUT2D eigenvalue weighted by atomic mass is 35.5. The van der Waals surface area contributed by atoms with Crippen LogP contribution in [0.3, 0.4) is 0 Å². The summed E-state index contributed by atoms with van der Waals surface area (Å²) in [6.45, 7) is 2.26. The molecule has 1 unspecified atom stereocenters. The zero-order chi connectivity index (χ0) is 21.6. The maximum Gasteiger partial charge on any atom is 0.250 e. The minimum Gasteiger partial charge on any atom is -0.493 e. The van der Waals surface area contributed by atoms with Crippen LogP contribution in [0.25, 0.3) is 0 Å². The molecule has 1 spiro atoms. The molecular weight excluding hydrogens is 408 g/mol. The number of amides is 3. The Labute approximate surface area is 179 Å². The van der Waals surface area contributed by atoms with Crippen LogP contribution in [0.1, 0.15) is 24.5 Å². The minimum absolute atomic E-state index is 0.0368. The summed E-state index contributed by atoms with van der Waals surface area (Å²) in [6, 6.07) is 10.2. The molecule has 0 bridgehead atoms. The summed E-state index contributed by atoms with van der Waals surface area (Å²) in [5.74, 6) is -0.255. The number of methoxy groups -OCH3 is 2. The molecule has 2 aliphatic heterocycles. The van der Waals surface area contributed by atoms with E-state index in [1.165, 1.54) is 19.1 Å². The molecule has 2 aromatic rings. The van der Waals surface area contributed by atoms with Crippen LogP contribution in [0.15, 0.2) is 36.4 Å². The molecule has 0 N–H and O–H groups in total. The number of likely N-dealkylation sites (N-methyl/N-ethyl adjacent to an activating group) is 1. The van der Waals surface area contributed by atoms with Gasteiger partial charge in [-0.05, 0) is 42.8 Å². The zero-order valence-corrected chi connectivity index (χ0v) is 17.7. The van der Waals surface area contributed by atoms with Crippen molar-refractivity contribution in [1.29, 1.82) is 0 Å². The average molecular weight is 429 g/mol. The summed E-state index contributed by atoms with van der Waals surface area (Å²) in [6.07, 6.45) is -0.207. The van der Waals surface area contributed by atoms with E-state index in [-0.39, 0.29) is 18.9 Å². The number of rotatable bonds is 5. The summed E-state index contributed by atoms with van der Waals surface area (Å²) >= 11 is 6.17. The van der Waals surface area contributed by atoms with Crippen molar-refractivity contribution in [3.8, 4) is 11.5 Å². The SMILES string of the molecule is CCN1C(=O)C2(CC(=O)N(Cc3ccc(OC)c(OC)c3)C2=O)c2cc(Cl)ccc21. The second-order valence-corrected chi connectivity index (χ2v) is 7.70. The van der Waals surface area contributed by atoms with Crippen molar-refractivity contribution >= 4 is 35.0 Å². The highest BCUT2D eigenvalue weighted by Crippen LogP contribution is 2.49. The number of hydrogen-bond donors (Lipinski definition) is 0. The number of carbonyl (C=O) groups excluding carboxylic acids is 3. The standard InChI is InChI=1S/C22H21ClN2O5/c1-4-24-16-7-6-14(23)10-15(16)22(20(24)27)11-19(26)25(21(22)28)12-13-5-8-17(29-2)18(9-13)30-3/h5-10H,4,11-12H2,1-3H3. The molecule has 2 aliphatic rings. The first-order valence-corrected chi connectivity index (χ1v) is 9.92. The van der Waals surface area contributed by atoms with Gasteiger partial charge in [-0.2, -0.15) is 0 Å². The molecule has 156 valence electrons. The van der Waals surface area contributed by atoms with E-state index in [1.54, 1.807) is 36.4 Å². The van der Waals surface area contributed by atoms with Gasteiger partial charge in [0.05, 0.1) is 27.2 Å². The highest BCUT2D eigenvalue weighted by molar-refractivity contribution is 6.32. The van der Waals surface area contributed by atoms with E-state index < -0.39 is 17.2 Å². The third-order valence-corrected chi connectivity index (χ3v) is 5.99. The van der Waals surface area contributed by atoms with Crippen LogP contribution in [0, 0.1) is 0 Å². The van der Waals surface area contributed by atoms with Gasteiger partial charge in [0.2, 0.25) is 17.7 Å². The Hall–Kier alpha value is -3.06. The molecule has 1 saturated heterocycles. The number of nitrogens with zero attached hydrogens (tertiary/aromatic N) is 2. The van der Waals surface area contributed by atoms with Gasteiger partial charge in [-0.3, -0.25) is 19.3 Å². The van der Waals surface area contributed by atoms with Crippen LogP contribution >= 0.6 is 11.6 Å². The summed E-state index contributed by atoms with van der Waals surface area (Å²) in [5, 5.41) is 0.414. The predicted octanol–water partition coefficient (Wildman–Crippen LogP) is 2.92. The Morgan fingerprint density at radius 2 is 1.67 bits per heavy atom. The van der Waals surface area contributed by atoms with Crippen LogP contribution in [0.4, 0.5) is 5.69 Å². The van der Waals surface area contributed by atoms with Crippen molar-refractivity contribution in [3.05, 3.63) is 52.5 Å². The van der Waals surface area contributed by atoms with Crippen LogP contribution < -0.4 is 14.4 Å². The first-order valence-electron chi connectivity index (χ1n) is 9.55. The van der Waals surface area contributed by atoms with Crippen LogP contribution in [-0.4, -0.2) is 43.4 Å². The van der Waals surface area contributed by atoms with Crippen molar-refractivity contribution in [2.45, 2.75) is 25.3 Å². The van der Waals surface area contributed by atoms with E-state index in [9.17, 15) is 14.4 Å². The summed E-state index contributed by atoms with van der Waals surface area (Å²) in [7, 11) is 3.04. The monoisotopic (exact) mass is 428 g/mol. The van der Waals surface area contributed by atoms with E-state index >= 15 is 0 Å². The number of fused-ring (bicyclic) bond motifs is 2. The molecule has 0 aromatic heterocycles. The Balaban J connectivity index is 1.73. The largest absolute Gasteiger partial charge is 0.493 e. The van der Waals surface area contributed by atoms with Crippen molar-refractivity contribution in [2.24, 2.45) is 0 Å². The molecule has 4 rings (SSSR count). The topological polar surface area (TPSA) is 76.2 Å². The Morgan fingerprint density at radius 3 is 2.33 bits per heavy atom. The van der Waals surface area contributed by atoms with Gasteiger partial charge in [0.15, 0.2) is 16.9 Å². The van der Waals surface area contributed by atoms with Gasteiger partial charge in [0, 0.05) is 22.8 Å². The maximum atomic E-state index is 13.5. The third kappa shape index (κ3) is 2.76. The molecule has 0 saturated carbocycles. The molecule has 3 amide bonds. The molecule has 8 heteroatoms. The van der Waals surface area contributed by atoms with Crippen LogP contribution in [-0.2, 0) is 26.3 Å². The second kappa shape index (κ2) is 7.32. The number of likely N-dealkylation sites (tertiary alicyclic amines) is 1. The molecular formula is C22H21ClN2O5. The Morgan fingerprint density at radius 1 is 0.967 bits per heavy atom. The van der Waals surface area contributed by atoms with Crippen molar-refractivity contribution in [1.82, 2.24) is 4.90 Å². The van der Waals surface area contributed by atoms with Gasteiger partial charge in [-0.15, -0.1) is 0 Å². The molecule has 0 aliphatic carbocycles. The lowest BCUT2D eigenvalue weighted by Crippen LogP contribution is -2.46. The van der Waals surface area contributed by atoms with Crippen molar-refractivity contribution in [3.63, 3.8) is 0 Å². The van der Waals surface area contributed by atoms with Gasteiger partial charge in [-0.25, -0.2) is 0 Å². The van der Waals surface area contributed by atoms with Gasteiger partial charge in [0.1, 0.15) is 0 Å². The Kier molecular flexibility index (Phi) is 4.94.